The molecule has 0 aliphatic heterocycles. The maximum atomic E-state index is 4.42. The summed E-state index contributed by atoms with van der Waals surface area (Å²) >= 11 is 0. The van der Waals surface area contributed by atoms with E-state index in [9.17, 15) is 0 Å². The number of pyridine rings is 1. The first kappa shape index (κ1) is 13.6. The maximum Gasteiger partial charge on any atom is 0.115 e. The number of hydrogen-bond donors (Lipinski definition) is 1. The Morgan fingerprint density at radius 3 is 2.76 bits per heavy atom. The van der Waals surface area contributed by atoms with Crippen LogP contribution in [0.2, 0.25) is 0 Å². The molecule has 4 heteroatoms. The Morgan fingerprint density at radius 1 is 1.05 bits per heavy atom. The van der Waals surface area contributed by atoms with Gasteiger partial charge in [-0.05, 0) is 36.7 Å². The van der Waals surface area contributed by atoms with Crippen LogP contribution < -0.4 is 5.32 Å². The molecule has 2 heterocycles. The number of likely N-dealkylation sites (N-methyl/N-ethyl adjacent to an activating group) is 1. The number of aromatic nitrogens is 3. The minimum absolute atomic E-state index is 0.184. The summed E-state index contributed by atoms with van der Waals surface area (Å²) in [6, 6.07) is 12.5. The lowest BCUT2D eigenvalue weighted by Crippen LogP contribution is -2.24. The smallest absolute Gasteiger partial charge is 0.115 e. The van der Waals surface area contributed by atoms with Crippen LogP contribution in [0.1, 0.15) is 24.2 Å². The Bertz CT molecular complexity index is 707. The molecule has 2 aromatic heterocycles. The van der Waals surface area contributed by atoms with Crippen LogP contribution in [0.15, 0.2) is 55.1 Å². The van der Waals surface area contributed by atoms with E-state index in [2.05, 4.69) is 45.4 Å². The first-order valence-corrected chi connectivity index (χ1v) is 7.20. The highest BCUT2D eigenvalue weighted by molar-refractivity contribution is 5.81. The minimum atomic E-state index is 0.184. The van der Waals surface area contributed by atoms with Gasteiger partial charge in [-0.2, -0.15) is 0 Å². The molecule has 0 saturated carbocycles. The van der Waals surface area contributed by atoms with Crippen molar-refractivity contribution in [3.63, 3.8) is 0 Å². The third kappa shape index (κ3) is 3.06. The molecule has 0 bridgehead atoms. The number of rotatable bonds is 5. The van der Waals surface area contributed by atoms with E-state index in [4.69, 9.17) is 0 Å². The lowest BCUT2D eigenvalue weighted by atomic mass is 9.99. The molecule has 0 aliphatic carbocycles. The number of nitrogens with one attached hydrogen (secondary N) is 1. The average molecular weight is 278 g/mol. The van der Waals surface area contributed by atoms with Crippen LogP contribution in [0, 0.1) is 0 Å². The van der Waals surface area contributed by atoms with E-state index in [1.54, 1.807) is 12.5 Å². The van der Waals surface area contributed by atoms with E-state index in [1.807, 2.05) is 24.4 Å². The fourth-order valence-electron chi connectivity index (χ4n) is 2.59. The second kappa shape index (κ2) is 6.41. The van der Waals surface area contributed by atoms with Crippen molar-refractivity contribution in [1.29, 1.82) is 0 Å². The quantitative estimate of drug-likeness (QED) is 0.779. The van der Waals surface area contributed by atoms with Crippen LogP contribution in [-0.4, -0.2) is 21.5 Å². The second-order valence-corrected chi connectivity index (χ2v) is 4.94. The van der Waals surface area contributed by atoms with Crippen molar-refractivity contribution in [3.05, 3.63) is 66.4 Å². The van der Waals surface area contributed by atoms with Crippen molar-refractivity contribution < 1.29 is 0 Å². The van der Waals surface area contributed by atoms with Crippen molar-refractivity contribution in [2.75, 3.05) is 6.54 Å². The molecule has 0 fully saturated rings. The highest BCUT2D eigenvalue weighted by atomic mass is 14.9. The van der Waals surface area contributed by atoms with Gasteiger partial charge in [0.1, 0.15) is 6.33 Å². The Kier molecular flexibility index (Phi) is 4.17. The molecule has 1 N–H and O–H groups in total. The fourth-order valence-corrected chi connectivity index (χ4v) is 2.59. The summed E-state index contributed by atoms with van der Waals surface area (Å²) in [7, 11) is 0. The number of para-hydroxylation sites is 1. The summed E-state index contributed by atoms with van der Waals surface area (Å²) < 4.78 is 0. The van der Waals surface area contributed by atoms with Gasteiger partial charge in [0.05, 0.1) is 17.3 Å². The third-order valence-corrected chi connectivity index (χ3v) is 3.58. The van der Waals surface area contributed by atoms with Gasteiger partial charge in [-0.1, -0.05) is 25.1 Å². The number of hydrogen-bond acceptors (Lipinski definition) is 4. The topological polar surface area (TPSA) is 50.7 Å². The number of fused-ring (bicyclic) bond motifs is 1. The van der Waals surface area contributed by atoms with Crippen molar-refractivity contribution in [3.8, 4) is 0 Å². The van der Waals surface area contributed by atoms with E-state index in [0.717, 1.165) is 24.2 Å². The number of benzene rings is 1. The highest BCUT2D eigenvalue weighted by Crippen LogP contribution is 2.22. The van der Waals surface area contributed by atoms with Gasteiger partial charge < -0.3 is 5.32 Å². The van der Waals surface area contributed by atoms with E-state index in [0.29, 0.717) is 0 Å². The molecule has 0 aliphatic rings. The van der Waals surface area contributed by atoms with Crippen LogP contribution >= 0.6 is 0 Å². The maximum absolute atomic E-state index is 4.42. The van der Waals surface area contributed by atoms with Crippen LogP contribution in [0.3, 0.4) is 0 Å². The summed E-state index contributed by atoms with van der Waals surface area (Å²) in [5.41, 5.74) is 3.34. The molecule has 0 amide bonds. The summed E-state index contributed by atoms with van der Waals surface area (Å²) in [6.45, 7) is 3.01. The largest absolute Gasteiger partial charge is 0.309 e. The molecule has 1 unspecified atom stereocenters. The van der Waals surface area contributed by atoms with Crippen molar-refractivity contribution in [1.82, 2.24) is 20.3 Å². The van der Waals surface area contributed by atoms with Crippen LogP contribution in [-0.2, 0) is 6.42 Å². The Hall–Kier alpha value is -2.33. The normalized spacial score (nSPS) is 12.4. The van der Waals surface area contributed by atoms with Gasteiger partial charge in [-0.15, -0.1) is 0 Å². The average Bonchev–Trinajstić information content (AvgIpc) is 2.55. The molecule has 1 atom stereocenters. The van der Waals surface area contributed by atoms with Crippen molar-refractivity contribution >= 4 is 10.9 Å². The van der Waals surface area contributed by atoms with Crippen LogP contribution in [0.5, 0.6) is 0 Å². The molecule has 106 valence electrons. The van der Waals surface area contributed by atoms with Gasteiger partial charge in [-0.25, -0.2) is 9.97 Å². The molecular formula is C17H18N4. The highest BCUT2D eigenvalue weighted by Gasteiger charge is 2.14. The van der Waals surface area contributed by atoms with Crippen molar-refractivity contribution in [2.24, 2.45) is 0 Å². The van der Waals surface area contributed by atoms with Gasteiger partial charge in [-0.3, -0.25) is 4.98 Å². The monoisotopic (exact) mass is 278 g/mol. The molecule has 0 radical (unpaired) electrons. The summed E-state index contributed by atoms with van der Waals surface area (Å²) in [5, 5.41) is 4.71. The molecule has 3 rings (SSSR count). The van der Waals surface area contributed by atoms with E-state index < -0.39 is 0 Å². The predicted molar refractivity (Wildman–Crippen MR) is 83.9 cm³/mol. The fraction of sp³-hybridized carbons (Fsp3) is 0.235. The van der Waals surface area contributed by atoms with Gasteiger partial charge in [0.25, 0.3) is 0 Å². The summed E-state index contributed by atoms with van der Waals surface area (Å²) in [6.07, 6.45) is 6.15. The van der Waals surface area contributed by atoms with Crippen molar-refractivity contribution in [2.45, 2.75) is 19.4 Å². The Labute approximate surface area is 124 Å². The zero-order valence-corrected chi connectivity index (χ0v) is 12.0. The van der Waals surface area contributed by atoms with E-state index >= 15 is 0 Å². The molecular weight excluding hydrogens is 260 g/mol. The molecule has 4 nitrogen and oxygen atoms in total. The lowest BCUT2D eigenvalue weighted by molar-refractivity contribution is 0.537. The standard InChI is InChI=1S/C17H18N4/c1-2-19-17(16-8-9-18-12-21-16)11-13-7-10-20-15-6-4-3-5-14(13)15/h3-10,12,17,19H,2,11H2,1H3. The Morgan fingerprint density at radius 2 is 1.95 bits per heavy atom. The molecule has 0 spiro atoms. The SMILES string of the molecule is CCNC(Cc1ccnc2ccccc12)c1ccncn1. The second-order valence-electron chi connectivity index (χ2n) is 4.94. The van der Waals surface area contributed by atoms with Gasteiger partial charge in [0.15, 0.2) is 0 Å². The zero-order valence-electron chi connectivity index (χ0n) is 12.0. The number of nitrogens with zero attached hydrogens (tertiary/aromatic N) is 3. The van der Waals surface area contributed by atoms with E-state index in [-0.39, 0.29) is 6.04 Å². The van der Waals surface area contributed by atoms with E-state index in [1.165, 1.54) is 10.9 Å². The zero-order chi connectivity index (χ0) is 14.5. The first-order valence-electron chi connectivity index (χ1n) is 7.20. The molecule has 3 aromatic rings. The molecule has 21 heavy (non-hydrogen) atoms. The molecule has 0 saturated heterocycles. The van der Waals surface area contributed by atoms with Gasteiger partial charge in [0.2, 0.25) is 0 Å². The summed E-state index contributed by atoms with van der Waals surface area (Å²) in [5.74, 6) is 0. The summed E-state index contributed by atoms with van der Waals surface area (Å²) in [4.78, 5) is 12.8. The lowest BCUT2D eigenvalue weighted by Gasteiger charge is -2.18. The predicted octanol–water partition coefficient (Wildman–Crippen LogP) is 2.92. The van der Waals surface area contributed by atoms with Crippen LogP contribution in [0.25, 0.3) is 10.9 Å². The van der Waals surface area contributed by atoms with Gasteiger partial charge >= 0.3 is 0 Å². The van der Waals surface area contributed by atoms with Crippen LogP contribution in [0.4, 0.5) is 0 Å². The molecule has 1 aromatic carbocycles. The Balaban J connectivity index is 1.95. The third-order valence-electron chi connectivity index (χ3n) is 3.58. The minimum Gasteiger partial charge on any atom is -0.309 e. The van der Waals surface area contributed by atoms with Gasteiger partial charge in [0, 0.05) is 17.8 Å². The first-order chi connectivity index (χ1) is 10.4.